The molecule has 1 N–H and O–H groups in total. The first-order valence-corrected chi connectivity index (χ1v) is 6.41. The van der Waals surface area contributed by atoms with Gasteiger partial charge in [0.2, 0.25) is 0 Å². The molecule has 0 atom stereocenters. The number of hydrogen-bond donors (Lipinski definition) is 1. The number of rotatable bonds is 3. The summed E-state index contributed by atoms with van der Waals surface area (Å²) >= 11 is 0. The number of carbonyl (C=O) groups is 2. The predicted octanol–water partition coefficient (Wildman–Crippen LogP) is 0.794. The second-order valence-electron chi connectivity index (χ2n) is 3.75. The number of aromatic carboxylic acids is 1. The van der Waals surface area contributed by atoms with Gasteiger partial charge in [0.25, 0.3) is 22.4 Å². The maximum absolute atomic E-state index is 12.3. The molecule has 0 radical (unpaired) electrons. The molecule has 1 aromatic carbocycles. The number of halogens is 2. The predicted molar refractivity (Wildman–Crippen MR) is 57.6 cm³/mol. The zero-order valence-corrected chi connectivity index (χ0v) is 10.0. The largest absolute Gasteiger partial charge is 0.478 e. The molecule has 1 aromatic rings. The minimum absolute atomic E-state index is 0.0496. The van der Waals surface area contributed by atoms with E-state index in [1.54, 1.807) is 0 Å². The summed E-state index contributed by atoms with van der Waals surface area (Å²) in [5.74, 6) is -2.45. The maximum atomic E-state index is 12.3. The van der Waals surface area contributed by atoms with Crippen LogP contribution in [0.4, 0.5) is 8.78 Å². The van der Waals surface area contributed by atoms with Gasteiger partial charge in [0.15, 0.2) is 0 Å². The number of amides is 1. The molecule has 1 heterocycles. The molecule has 0 spiro atoms. The zero-order valence-electron chi connectivity index (χ0n) is 9.21. The van der Waals surface area contributed by atoms with E-state index >= 15 is 0 Å². The molecule has 19 heavy (non-hydrogen) atoms. The molecule has 0 fully saturated rings. The van der Waals surface area contributed by atoms with Crippen molar-refractivity contribution in [2.24, 2.45) is 0 Å². The highest BCUT2D eigenvalue weighted by Gasteiger charge is 2.42. The fourth-order valence-corrected chi connectivity index (χ4v) is 3.29. The van der Waals surface area contributed by atoms with Gasteiger partial charge in [-0.3, -0.25) is 4.79 Å². The lowest BCUT2D eigenvalue weighted by Crippen LogP contribution is -2.34. The molecular weight excluding hydrogens is 284 g/mol. The van der Waals surface area contributed by atoms with E-state index in [-0.39, 0.29) is 15.4 Å². The van der Waals surface area contributed by atoms with Crippen LogP contribution in [0.2, 0.25) is 0 Å². The van der Waals surface area contributed by atoms with Gasteiger partial charge in [-0.25, -0.2) is 26.3 Å². The number of sulfonamides is 1. The Bertz CT molecular complexity index is 670. The van der Waals surface area contributed by atoms with Crippen LogP contribution in [0.3, 0.4) is 0 Å². The fourth-order valence-electron chi connectivity index (χ4n) is 1.71. The van der Waals surface area contributed by atoms with E-state index in [1.165, 1.54) is 0 Å². The van der Waals surface area contributed by atoms with Gasteiger partial charge in [0.05, 0.1) is 17.7 Å². The van der Waals surface area contributed by atoms with E-state index in [0.29, 0.717) is 0 Å². The van der Waals surface area contributed by atoms with E-state index in [2.05, 4.69) is 0 Å². The van der Waals surface area contributed by atoms with Gasteiger partial charge in [0, 0.05) is 0 Å². The zero-order chi connectivity index (χ0) is 14.4. The van der Waals surface area contributed by atoms with Crippen molar-refractivity contribution in [2.75, 3.05) is 6.54 Å². The Morgan fingerprint density at radius 2 is 2.00 bits per heavy atom. The molecular formula is C10H7F2NO5S. The molecule has 2 rings (SSSR count). The lowest BCUT2D eigenvalue weighted by Gasteiger charge is -2.13. The number of carbonyl (C=O) groups excluding carboxylic acids is 1. The number of nitrogens with zero attached hydrogens (tertiary/aromatic N) is 1. The Balaban J connectivity index is 2.58. The number of carboxylic acid groups (broad SMARTS) is 1. The highest BCUT2D eigenvalue weighted by atomic mass is 32.2. The van der Waals surface area contributed by atoms with Gasteiger partial charge in [-0.2, -0.15) is 0 Å². The highest BCUT2D eigenvalue weighted by molar-refractivity contribution is 7.90. The standard InChI is InChI=1S/C10H7F2NO5S/c11-8(12)4-13-9(14)6-2-1-5(10(15)16)3-7(6)19(13,17)18/h1-3,8H,4H2,(H,15,16). The van der Waals surface area contributed by atoms with E-state index in [1.807, 2.05) is 0 Å². The fraction of sp³-hybridized carbons (Fsp3) is 0.200. The third-order valence-electron chi connectivity index (χ3n) is 2.56. The van der Waals surface area contributed by atoms with E-state index in [0.717, 1.165) is 18.2 Å². The van der Waals surface area contributed by atoms with Gasteiger partial charge >= 0.3 is 5.97 Å². The van der Waals surface area contributed by atoms with Crippen molar-refractivity contribution < 1.29 is 31.9 Å². The Labute approximate surface area is 106 Å². The lowest BCUT2D eigenvalue weighted by molar-refractivity contribution is 0.0695. The van der Waals surface area contributed by atoms with Gasteiger partial charge in [-0.05, 0) is 18.2 Å². The SMILES string of the molecule is O=C(O)c1ccc2c(c1)S(=O)(=O)N(CC(F)F)C2=O. The first-order valence-electron chi connectivity index (χ1n) is 4.97. The Morgan fingerprint density at radius 1 is 1.37 bits per heavy atom. The van der Waals surface area contributed by atoms with E-state index in [4.69, 9.17) is 5.11 Å². The van der Waals surface area contributed by atoms with Crippen LogP contribution >= 0.6 is 0 Å². The minimum atomic E-state index is -4.41. The van der Waals surface area contributed by atoms with Crippen LogP contribution in [-0.2, 0) is 10.0 Å². The number of alkyl halides is 2. The smallest absolute Gasteiger partial charge is 0.335 e. The number of carboxylic acids is 1. The van der Waals surface area contributed by atoms with Crippen LogP contribution < -0.4 is 0 Å². The average Bonchev–Trinajstić information content (AvgIpc) is 2.50. The summed E-state index contributed by atoms with van der Waals surface area (Å²) in [6.45, 7) is -1.25. The van der Waals surface area contributed by atoms with Crippen LogP contribution in [0, 0.1) is 0 Å². The Morgan fingerprint density at radius 3 is 2.53 bits per heavy atom. The van der Waals surface area contributed by atoms with Crippen molar-refractivity contribution in [3.8, 4) is 0 Å². The van der Waals surface area contributed by atoms with E-state index < -0.39 is 39.8 Å². The minimum Gasteiger partial charge on any atom is -0.478 e. The summed E-state index contributed by atoms with van der Waals surface area (Å²) in [5.41, 5.74) is -0.639. The second kappa shape index (κ2) is 4.26. The summed E-state index contributed by atoms with van der Waals surface area (Å²) in [7, 11) is -4.41. The third kappa shape index (κ3) is 2.05. The van der Waals surface area contributed by atoms with Gasteiger partial charge < -0.3 is 5.11 Å². The number of benzene rings is 1. The quantitative estimate of drug-likeness (QED) is 0.889. The molecule has 0 aliphatic carbocycles. The van der Waals surface area contributed by atoms with Crippen LogP contribution in [-0.4, -0.2) is 42.7 Å². The average molecular weight is 291 g/mol. The van der Waals surface area contributed by atoms with Crippen LogP contribution in [0.15, 0.2) is 23.1 Å². The lowest BCUT2D eigenvalue weighted by atomic mass is 10.1. The van der Waals surface area contributed by atoms with Crippen molar-refractivity contribution in [1.82, 2.24) is 4.31 Å². The van der Waals surface area contributed by atoms with E-state index in [9.17, 15) is 26.8 Å². The number of fused-ring (bicyclic) bond motifs is 1. The second-order valence-corrected chi connectivity index (χ2v) is 5.58. The van der Waals surface area contributed by atoms with Crippen molar-refractivity contribution in [3.05, 3.63) is 29.3 Å². The molecule has 0 bridgehead atoms. The van der Waals surface area contributed by atoms with Gasteiger partial charge in [0.1, 0.15) is 4.90 Å². The van der Waals surface area contributed by atoms with Gasteiger partial charge in [-0.15, -0.1) is 0 Å². The molecule has 1 aliphatic heterocycles. The third-order valence-corrected chi connectivity index (χ3v) is 4.35. The summed E-state index contributed by atoms with van der Waals surface area (Å²) in [6.07, 6.45) is -3.01. The van der Waals surface area contributed by atoms with Crippen molar-refractivity contribution in [1.29, 1.82) is 0 Å². The first-order chi connectivity index (χ1) is 8.75. The topological polar surface area (TPSA) is 91.8 Å². The summed E-state index contributed by atoms with van der Waals surface area (Å²) < 4.78 is 48.4. The number of hydrogen-bond acceptors (Lipinski definition) is 4. The Kier molecular flexibility index (Phi) is 3.01. The molecule has 0 saturated heterocycles. The van der Waals surface area contributed by atoms with Crippen molar-refractivity contribution in [2.45, 2.75) is 11.3 Å². The molecule has 0 saturated carbocycles. The van der Waals surface area contributed by atoms with Crippen molar-refractivity contribution in [3.63, 3.8) is 0 Å². The highest BCUT2D eigenvalue weighted by Crippen LogP contribution is 2.31. The van der Waals surface area contributed by atoms with Crippen molar-refractivity contribution >= 4 is 21.9 Å². The Hall–Kier alpha value is -2.03. The summed E-state index contributed by atoms with van der Waals surface area (Å²) in [6, 6.07) is 2.83. The molecule has 1 aliphatic rings. The molecule has 102 valence electrons. The molecule has 6 nitrogen and oxygen atoms in total. The van der Waals surface area contributed by atoms with Gasteiger partial charge in [-0.1, -0.05) is 0 Å². The normalized spacial score (nSPS) is 16.8. The summed E-state index contributed by atoms with van der Waals surface area (Å²) in [5, 5.41) is 8.75. The molecule has 9 heteroatoms. The summed E-state index contributed by atoms with van der Waals surface area (Å²) in [4.78, 5) is 21.9. The maximum Gasteiger partial charge on any atom is 0.335 e. The first kappa shape index (κ1) is 13.4. The molecule has 0 unspecified atom stereocenters. The van der Waals surface area contributed by atoms with Crippen LogP contribution in [0.1, 0.15) is 20.7 Å². The molecule has 1 amide bonds. The molecule has 0 aromatic heterocycles. The van der Waals surface area contributed by atoms with Crippen LogP contribution in [0.25, 0.3) is 0 Å². The monoisotopic (exact) mass is 291 g/mol. The van der Waals surface area contributed by atoms with Crippen LogP contribution in [0.5, 0.6) is 0 Å².